The molecule has 15 heavy (non-hydrogen) atoms. The Morgan fingerprint density at radius 1 is 1.00 bits per heavy atom. The molecule has 0 bridgehead atoms. The first kappa shape index (κ1) is 14.0. The van der Waals surface area contributed by atoms with E-state index >= 15 is 0 Å². The molecule has 0 radical (unpaired) electrons. The lowest BCUT2D eigenvalue weighted by Gasteiger charge is -2.05. The summed E-state index contributed by atoms with van der Waals surface area (Å²) in [6.07, 6.45) is 0. The van der Waals surface area contributed by atoms with Gasteiger partial charge in [-0.05, 0) is 11.6 Å². The van der Waals surface area contributed by atoms with Gasteiger partial charge in [0.15, 0.2) is 23.3 Å². The maximum atomic E-state index is 12.8. The first-order valence-electron chi connectivity index (χ1n) is 3.19. The summed E-state index contributed by atoms with van der Waals surface area (Å²) in [4.78, 5) is 10.4. The van der Waals surface area contributed by atoms with Crippen molar-refractivity contribution in [2.75, 3.05) is 5.73 Å². The van der Waals surface area contributed by atoms with Gasteiger partial charge in [-0.1, -0.05) is 0 Å². The summed E-state index contributed by atoms with van der Waals surface area (Å²) >= 11 is 4.72. The first-order valence-corrected chi connectivity index (χ1v) is 3.57. The van der Waals surface area contributed by atoms with E-state index in [4.69, 9.17) is 11.6 Å². The van der Waals surface area contributed by atoms with Crippen LogP contribution in [-0.4, -0.2) is 5.24 Å². The molecule has 0 spiro atoms. The van der Waals surface area contributed by atoms with Crippen molar-refractivity contribution in [3.05, 3.63) is 28.8 Å². The van der Waals surface area contributed by atoms with Crippen molar-refractivity contribution in [1.82, 2.24) is 0 Å². The molecule has 1 aromatic rings. The molecule has 1 aromatic carbocycles. The Hall–Kier alpha value is -1.01. The van der Waals surface area contributed by atoms with Crippen LogP contribution in [0, 0.1) is 23.3 Å². The van der Waals surface area contributed by atoms with Crippen LogP contribution in [0.15, 0.2) is 0 Å². The molecule has 1 rings (SSSR count). The fraction of sp³-hybridized carbons (Fsp3) is 0. The number of nitrogen functional groups attached to an aromatic ring is 1. The third-order valence-electron chi connectivity index (χ3n) is 1.49. The maximum absolute atomic E-state index is 12.8. The van der Waals surface area contributed by atoms with Gasteiger partial charge in [-0.25, -0.2) is 17.6 Å². The van der Waals surface area contributed by atoms with Gasteiger partial charge in [0.05, 0.1) is 0 Å². The number of rotatable bonds is 1. The Labute approximate surface area is 92.4 Å². The second-order valence-electron chi connectivity index (χ2n) is 2.32. The highest BCUT2D eigenvalue weighted by molar-refractivity contribution is 6.67. The number of carbonyl (C=O) groups excluding carboxylic acids is 1. The minimum atomic E-state index is -1.90. The minimum Gasteiger partial charge on any atom is -0.394 e. The van der Waals surface area contributed by atoms with Gasteiger partial charge < -0.3 is 5.73 Å². The standard InChI is InChI=1S/C7H2ClF4NO.ClH/c8-7(14)1-2(9)4(11)6(13)5(12)3(1)10;/h13H2;1H. The van der Waals surface area contributed by atoms with E-state index in [0.29, 0.717) is 0 Å². The molecule has 2 N–H and O–H groups in total. The fourth-order valence-electron chi connectivity index (χ4n) is 0.821. The second kappa shape index (κ2) is 4.67. The van der Waals surface area contributed by atoms with Crippen LogP contribution in [0.25, 0.3) is 0 Å². The number of nitrogens with two attached hydrogens (primary N) is 1. The van der Waals surface area contributed by atoms with E-state index in [-0.39, 0.29) is 12.4 Å². The molecule has 0 aliphatic carbocycles. The zero-order valence-corrected chi connectivity index (χ0v) is 8.36. The van der Waals surface area contributed by atoms with Crippen LogP contribution in [0.4, 0.5) is 23.2 Å². The number of hydrogen-bond donors (Lipinski definition) is 1. The van der Waals surface area contributed by atoms with Crippen molar-refractivity contribution < 1.29 is 22.4 Å². The Bertz CT molecular complexity index is 395. The fourth-order valence-corrected chi connectivity index (χ4v) is 0.987. The van der Waals surface area contributed by atoms with Gasteiger partial charge in [-0.3, -0.25) is 4.79 Å². The summed E-state index contributed by atoms with van der Waals surface area (Å²) in [5.74, 6) is -7.48. The lowest BCUT2D eigenvalue weighted by Crippen LogP contribution is -2.09. The van der Waals surface area contributed by atoms with Crippen LogP contribution < -0.4 is 5.73 Å². The second-order valence-corrected chi connectivity index (χ2v) is 2.66. The highest BCUT2D eigenvalue weighted by atomic mass is 35.5. The lowest BCUT2D eigenvalue weighted by molar-refractivity contribution is 0.107. The third kappa shape index (κ3) is 2.15. The number of hydrogen-bond acceptors (Lipinski definition) is 2. The summed E-state index contributed by atoms with van der Waals surface area (Å²) in [5.41, 5.74) is 1.85. The predicted molar refractivity (Wildman–Crippen MR) is 48.1 cm³/mol. The van der Waals surface area contributed by atoms with Crippen molar-refractivity contribution in [3.63, 3.8) is 0 Å². The molecule has 0 saturated heterocycles. The Kier molecular flexibility index (Phi) is 4.36. The van der Waals surface area contributed by atoms with E-state index < -0.39 is 39.8 Å². The van der Waals surface area contributed by atoms with E-state index in [1.807, 2.05) is 0 Å². The maximum Gasteiger partial charge on any atom is 0.258 e. The van der Waals surface area contributed by atoms with E-state index in [2.05, 4.69) is 5.73 Å². The molecule has 0 atom stereocenters. The molecular formula is C7H3Cl2F4NO. The molecule has 0 aromatic heterocycles. The summed E-state index contributed by atoms with van der Waals surface area (Å²) in [5, 5.41) is -1.64. The Morgan fingerprint density at radius 2 is 1.33 bits per heavy atom. The van der Waals surface area contributed by atoms with Crippen molar-refractivity contribution in [2.24, 2.45) is 0 Å². The molecule has 0 aliphatic rings. The number of anilines is 1. The first-order chi connectivity index (χ1) is 6.37. The number of halogens is 6. The monoisotopic (exact) mass is 263 g/mol. The number of benzene rings is 1. The summed E-state index contributed by atoms with van der Waals surface area (Å²) < 4.78 is 50.9. The van der Waals surface area contributed by atoms with Gasteiger partial charge in [-0.15, -0.1) is 12.4 Å². The topological polar surface area (TPSA) is 43.1 Å². The van der Waals surface area contributed by atoms with E-state index in [1.54, 1.807) is 0 Å². The molecule has 84 valence electrons. The van der Waals surface area contributed by atoms with E-state index in [9.17, 15) is 22.4 Å². The van der Waals surface area contributed by atoms with Crippen LogP contribution >= 0.6 is 24.0 Å². The average Bonchev–Trinajstić information content (AvgIpc) is 2.11. The normalized spacial score (nSPS) is 9.67. The van der Waals surface area contributed by atoms with Gasteiger partial charge in [0.2, 0.25) is 0 Å². The molecule has 8 heteroatoms. The summed E-state index contributed by atoms with van der Waals surface area (Å²) in [6, 6.07) is 0. The van der Waals surface area contributed by atoms with E-state index in [0.717, 1.165) is 0 Å². The zero-order chi connectivity index (χ0) is 11.0. The Balaban J connectivity index is 0.00000196. The molecule has 0 unspecified atom stereocenters. The Morgan fingerprint density at radius 3 is 1.60 bits per heavy atom. The van der Waals surface area contributed by atoms with Gasteiger partial charge >= 0.3 is 0 Å². The van der Waals surface area contributed by atoms with Crippen molar-refractivity contribution in [3.8, 4) is 0 Å². The molecule has 2 nitrogen and oxygen atoms in total. The van der Waals surface area contributed by atoms with Crippen LogP contribution in [0.1, 0.15) is 10.4 Å². The SMILES string of the molecule is Cl.Nc1c(F)c(F)c(C(=O)Cl)c(F)c1F. The number of carbonyl (C=O) groups is 1. The van der Waals surface area contributed by atoms with Gasteiger partial charge in [0.1, 0.15) is 11.3 Å². The highest BCUT2D eigenvalue weighted by Gasteiger charge is 2.27. The molecule has 0 fully saturated rings. The van der Waals surface area contributed by atoms with Gasteiger partial charge in [-0.2, -0.15) is 0 Å². The summed E-state index contributed by atoms with van der Waals surface area (Å²) in [6.45, 7) is 0. The minimum absolute atomic E-state index is 0. The van der Waals surface area contributed by atoms with E-state index in [1.165, 1.54) is 0 Å². The predicted octanol–water partition coefficient (Wildman–Crippen LogP) is 2.63. The van der Waals surface area contributed by atoms with Crippen LogP contribution in [0.5, 0.6) is 0 Å². The van der Waals surface area contributed by atoms with Gasteiger partial charge in [0, 0.05) is 0 Å². The van der Waals surface area contributed by atoms with Crippen LogP contribution in [-0.2, 0) is 0 Å². The molecule has 0 amide bonds. The molecular weight excluding hydrogens is 261 g/mol. The van der Waals surface area contributed by atoms with Crippen molar-refractivity contribution in [2.45, 2.75) is 0 Å². The largest absolute Gasteiger partial charge is 0.394 e. The van der Waals surface area contributed by atoms with Crippen molar-refractivity contribution in [1.29, 1.82) is 0 Å². The third-order valence-corrected chi connectivity index (χ3v) is 1.68. The quantitative estimate of drug-likeness (QED) is 0.366. The summed E-state index contributed by atoms with van der Waals surface area (Å²) in [7, 11) is 0. The van der Waals surface area contributed by atoms with Crippen LogP contribution in [0.3, 0.4) is 0 Å². The molecule has 0 saturated carbocycles. The average molecular weight is 264 g/mol. The smallest absolute Gasteiger partial charge is 0.258 e. The highest BCUT2D eigenvalue weighted by Crippen LogP contribution is 2.26. The van der Waals surface area contributed by atoms with Gasteiger partial charge in [0.25, 0.3) is 5.24 Å². The lowest BCUT2D eigenvalue weighted by atomic mass is 10.1. The zero-order valence-electron chi connectivity index (χ0n) is 6.78. The molecule has 0 heterocycles. The van der Waals surface area contributed by atoms with Crippen LogP contribution in [0.2, 0.25) is 0 Å². The van der Waals surface area contributed by atoms with Crippen molar-refractivity contribution >= 4 is 34.9 Å². The molecule has 0 aliphatic heterocycles.